The summed E-state index contributed by atoms with van der Waals surface area (Å²) in [6, 6.07) is 19.1. The number of hydrogen-bond acceptors (Lipinski definition) is 6. The Bertz CT molecular complexity index is 2240. The lowest BCUT2D eigenvalue weighted by Gasteiger charge is -2.37. The molecule has 16 heteroatoms. The Balaban J connectivity index is 0.000000435. The zero-order chi connectivity index (χ0) is 37.1. The molecule has 1 aliphatic rings. The van der Waals surface area contributed by atoms with Gasteiger partial charge in [0.05, 0.1) is 73.2 Å². The number of halogens is 3. The van der Waals surface area contributed by atoms with Crippen molar-refractivity contribution in [2.75, 3.05) is 27.2 Å². The number of aromatic nitrogens is 4. The van der Waals surface area contributed by atoms with E-state index in [1.165, 1.54) is 47.3 Å². The van der Waals surface area contributed by atoms with E-state index in [-0.39, 0.29) is 28.0 Å². The predicted molar refractivity (Wildman–Crippen MR) is 182 cm³/mol. The molecule has 1 aliphatic heterocycles. The number of nitrogens with zero attached hydrogens (tertiary/aromatic N) is 6. The van der Waals surface area contributed by atoms with Gasteiger partial charge in [-0.25, -0.2) is 32.1 Å². The van der Waals surface area contributed by atoms with E-state index in [9.17, 15) is 35.7 Å². The number of carbonyl (C=O) groups excluding carboxylic acids is 1. The number of hydrogen-bond donors (Lipinski definition) is 1. The molecule has 0 atom stereocenters. The fraction of sp³-hybridized carbons (Fsp3) is 0.257. The minimum absolute atomic E-state index is 0.0145. The quantitative estimate of drug-likeness (QED) is 0.139. The highest BCUT2D eigenvalue weighted by molar-refractivity contribution is 7.85. The number of nitrogens with one attached hydrogen (secondary N) is 1. The van der Waals surface area contributed by atoms with Crippen LogP contribution in [0.25, 0.3) is 27.6 Å². The van der Waals surface area contributed by atoms with Gasteiger partial charge in [-0.3, -0.25) is 4.57 Å². The van der Waals surface area contributed by atoms with Crippen molar-refractivity contribution in [1.82, 2.24) is 24.2 Å². The fourth-order valence-corrected chi connectivity index (χ4v) is 6.31. The average Bonchev–Trinajstić information content (AvgIpc) is 3.67. The Hall–Kier alpha value is -5.50. The molecule has 2 aromatic heterocycles. The minimum atomic E-state index is -4.61. The maximum absolute atomic E-state index is 13.9. The second kappa shape index (κ2) is 14.4. The Morgan fingerprint density at radius 2 is 1.63 bits per heavy atom. The molecule has 0 bridgehead atoms. The van der Waals surface area contributed by atoms with Gasteiger partial charge in [-0.15, -0.1) is 0 Å². The van der Waals surface area contributed by atoms with E-state index in [1.807, 2.05) is 0 Å². The fourth-order valence-electron chi connectivity index (χ4n) is 5.81. The van der Waals surface area contributed by atoms with Crippen LogP contribution in [0.2, 0.25) is 0 Å². The topological polar surface area (TPSA) is 135 Å². The zero-order valence-corrected chi connectivity index (χ0v) is 28.6. The first-order valence-corrected chi connectivity index (χ1v) is 17.1. The van der Waals surface area contributed by atoms with E-state index in [4.69, 9.17) is 6.57 Å². The number of rotatable bonds is 5. The van der Waals surface area contributed by atoms with Crippen molar-refractivity contribution >= 4 is 21.8 Å². The third kappa shape index (κ3) is 8.28. The highest BCUT2D eigenvalue weighted by atomic mass is 32.2. The summed E-state index contributed by atoms with van der Waals surface area (Å²) in [6.45, 7) is 10.5. The lowest BCUT2D eigenvalue weighted by molar-refractivity contribution is -0.895. The van der Waals surface area contributed by atoms with Crippen molar-refractivity contribution in [3.63, 3.8) is 0 Å². The van der Waals surface area contributed by atoms with Crippen LogP contribution in [0.4, 0.5) is 23.7 Å². The molecular weight excluding hydrogens is 687 g/mol. The maximum Gasteiger partial charge on any atom is 0.416 e. The minimum Gasteiger partial charge on any atom is -0.744 e. The Morgan fingerprint density at radius 1 is 0.980 bits per heavy atom. The molecule has 0 aliphatic carbocycles. The lowest BCUT2D eigenvalue weighted by atomic mass is 10.0. The number of benzene rings is 3. The van der Waals surface area contributed by atoms with Crippen molar-refractivity contribution in [3.05, 3.63) is 124 Å². The highest BCUT2D eigenvalue weighted by Crippen LogP contribution is 2.32. The van der Waals surface area contributed by atoms with Crippen molar-refractivity contribution in [2.45, 2.75) is 36.9 Å². The number of alkyl halides is 3. The Kier molecular flexibility index (Phi) is 10.4. The lowest BCUT2D eigenvalue weighted by Crippen LogP contribution is -2.53. The van der Waals surface area contributed by atoms with Gasteiger partial charge in [-0.1, -0.05) is 36.4 Å². The normalized spacial score (nSPS) is 14.6. The molecule has 0 spiro atoms. The molecule has 3 heterocycles. The number of imidazole rings is 1. The van der Waals surface area contributed by atoms with Crippen LogP contribution in [0.3, 0.4) is 0 Å². The van der Waals surface area contributed by atoms with Gasteiger partial charge in [0.15, 0.2) is 5.69 Å². The molecule has 5 aromatic rings. The first kappa shape index (κ1) is 36.8. The molecule has 12 nitrogen and oxygen atoms in total. The molecule has 266 valence electrons. The van der Waals surface area contributed by atoms with Crippen LogP contribution >= 0.6 is 0 Å². The summed E-state index contributed by atoms with van der Waals surface area (Å²) in [5.74, 6) is 0. The van der Waals surface area contributed by atoms with E-state index in [2.05, 4.69) is 29.4 Å². The summed E-state index contributed by atoms with van der Waals surface area (Å²) in [4.78, 5) is 30.9. The van der Waals surface area contributed by atoms with Gasteiger partial charge in [0.1, 0.15) is 15.8 Å². The van der Waals surface area contributed by atoms with Gasteiger partial charge in [0, 0.05) is 18.9 Å². The Labute approximate surface area is 292 Å². The predicted octanol–water partition coefficient (Wildman–Crippen LogP) is 5.76. The molecule has 6 rings (SSSR count). The molecule has 51 heavy (non-hydrogen) atoms. The van der Waals surface area contributed by atoms with Gasteiger partial charge < -0.3 is 14.4 Å². The second-order valence-electron chi connectivity index (χ2n) is 12.6. The first-order chi connectivity index (χ1) is 24.0. The smallest absolute Gasteiger partial charge is 0.416 e. The van der Waals surface area contributed by atoms with E-state index < -0.39 is 33.6 Å². The molecule has 3 aromatic carbocycles. The Morgan fingerprint density at radius 3 is 2.20 bits per heavy atom. The summed E-state index contributed by atoms with van der Waals surface area (Å²) in [6.07, 6.45) is -1.66. The number of piperidine rings is 1. The summed E-state index contributed by atoms with van der Waals surface area (Å²) in [7, 11) is -0.0207. The van der Waals surface area contributed by atoms with Crippen molar-refractivity contribution < 1.29 is 35.4 Å². The first-order valence-electron chi connectivity index (χ1n) is 15.7. The van der Waals surface area contributed by atoms with Crippen LogP contribution in [-0.4, -0.2) is 75.6 Å². The summed E-state index contributed by atoms with van der Waals surface area (Å²) >= 11 is 0. The van der Waals surface area contributed by atoms with Crippen LogP contribution in [0.1, 0.15) is 24.1 Å². The summed E-state index contributed by atoms with van der Waals surface area (Å²) in [5, 5.41) is 7.36. The molecule has 1 amide bonds. The van der Waals surface area contributed by atoms with E-state index in [1.54, 1.807) is 43.3 Å². The molecule has 0 unspecified atom stereocenters. The van der Waals surface area contributed by atoms with Gasteiger partial charge >= 0.3 is 17.9 Å². The van der Waals surface area contributed by atoms with Crippen molar-refractivity contribution in [3.8, 4) is 22.8 Å². The van der Waals surface area contributed by atoms with Crippen molar-refractivity contribution in [2.24, 2.45) is 0 Å². The van der Waals surface area contributed by atoms with Crippen LogP contribution in [0, 0.1) is 13.5 Å². The maximum atomic E-state index is 13.9. The van der Waals surface area contributed by atoms with E-state index in [0.717, 1.165) is 51.7 Å². The summed E-state index contributed by atoms with van der Waals surface area (Å²) < 4.78 is 75.9. The monoisotopic (exact) mass is 721 g/mol. The molecule has 1 fully saturated rings. The van der Waals surface area contributed by atoms with Crippen LogP contribution in [-0.2, 0) is 16.3 Å². The number of carbonyl (C=O) groups is 1. The third-order valence-electron chi connectivity index (χ3n) is 8.55. The van der Waals surface area contributed by atoms with Gasteiger partial charge in [-0.05, 0) is 55.5 Å². The molecule has 1 saturated heterocycles. The highest BCUT2D eigenvalue weighted by Gasteiger charge is 2.33. The molecule has 0 saturated carbocycles. The van der Waals surface area contributed by atoms with Gasteiger partial charge in [0.2, 0.25) is 0 Å². The standard InChI is InChI=1S/C29H28F3N7O2.C6H6O3S/c1-19-26(25-12-15-34-38(25)23-10-8-21(33-2)9-11-23)37(27(40)35-22-13-16-39(3,4)17-14-22)28(41)36(19)24-7-5-6-20(18-24)29(30,31)32;7-10(8,9)6-4-2-1-3-5-6/h5-12,15,18,22H,13-14,16-17H2,1,3-4H3;1-5H,(H,7,8,9). The van der Waals surface area contributed by atoms with Crippen LogP contribution in [0.15, 0.2) is 101 Å². The summed E-state index contributed by atoms with van der Waals surface area (Å²) in [5.41, 5.74) is 0.145. The van der Waals surface area contributed by atoms with Crippen molar-refractivity contribution in [1.29, 1.82) is 0 Å². The van der Waals surface area contributed by atoms with E-state index >= 15 is 0 Å². The van der Waals surface area contributed by atoms with Crippen LogP contribution < -0.4 is 11.0 Å². The van der Waals surface area contributed by atoms with E-state index in [0.29, 0.717) is 17.1 Å². The zero-order valence-electron chi connectivity index (χ0n) is 27.8. The molecule has 0 radical (unpaired) electrons. The number of likely N-dealkylation sites (tertiary alicyclic amines) is 1. The number of amides is 1. The van der Waals surface area contributed by atoms with Crippen LogP contribution in [0.5, 0.6) is 0 Å². The average molecular weight is 722 g/mol. The third-order valence-corrected chi connectivity index (χ3v) is 9.40. The molecule has 1 N–H and O–H groups in total. The SMILES string of the molecule is O=S(=O)([O-])c1ccccc1.[C-]#[N+]c1ccc(-n2nccc2-c2c(C)n(-c3cccc(C(F)(F)F)c3)c(=O)n2C(=O)NC2CC[N+](C)(C)CC2)cc1. The second-order valence-corrected chi connectivity index (χ2v) is 13.9. The largest absolute Gasteiger partial charge is 0.744 e. The van der Waals surface area contributed by atoms with Gasteiger partial charge in [-0.2, -0.15) is 18.3 Å². The molecular formula is C35H34F3N7O5S. The van der Waals surface area contributed by atoms with Gasteiger partial charge in [0.25, 0.3) is 0 Å². The number of quaternary nitrogens is 1.